The molecule has 0 radical (unpaired) electrons. The lowest BCUT2D eigenvalue weighted by Crippen LogP contribution is -2.50. The van der Waals surface area contributed by atoms with E-state index in [4.69, 9.17) is 16.3 Å². The standard InChI is InChI=1S/C18H21ClN4O2/c1-2-25-18(24)23-12-7-8-13(23)10-11(9-12)20-17-15-6-4-3-5-14(15)16(19)21-22-17/h3-6,11-13H,2,7-10H2,1H3,(H,20,22)/t11-,12+,13-. The number of nitrogens with zero attached hydrogens (tertiary/aromatic N) is 3. The summed E-state index contributed by atoms with van der Waals surface area (Å²) in [7, 11) is 0. The van der Waals surface area contributed by atoms with Crippen LogP contribution in [0.25, 0.3) is 10.8 Å². The van der Waals surface area contributed by atoms with Gasteiger partial charge in [0.2, 0.25) is 0 Å². The summed E-state index contributed by atoms with van der Waals surface area (Å²) >= 11 is 6.15. The molecule has 0 saturated carbocycles. The minimum absolute atomic E-state index is 0.176. The molecule has 2 bridgehead atoms. The number of hydrogen-bond acceptors (Lipinski definition) is 5. The third-order valence-electron chi connectivity index (χ3n) is 5.19. The fourth-order valence-electron chi connectivity index (χ4n) is 4.16. The van der Waals surface area contributed by atoms with Gasteiger partial charge in [0, 0.05) is 28.9 Å². The molecule has 0 unspecified atom stereocenters. The molecule has 1 amide bonds. The largest absolute Gasteiger partial charge is 0.450 e. The Bertz CT molecular complexity index is 786. The third-order valence-corrected chi connectivity index (χ3v) is 5.47. The van der Waals surface area contributed by atoms with Crippen LogP contribution in [-0.2, 0) is 4.74 Å². The summed E-state index contributed by atoms with van der Waals surface area (Å²) in [5.41, 5.74) is 0. The maximum Gasteiger partial charge on any atom is 0.410 e. The average molecular weight is 361 g/mol. The highest BCUT2D eigenvalue weighted by Gasteiger charge is 2.44. The summed E-state index contributed by atoms with van der Waals surface area (Å²) < 4.78 is 5.22. The van der Waals surface area contributed by atoms with Crippen molar-refractivity contribution in [2.45, 2.75) is 50.7 Å². The molecule has 0 aliphatic carbocycles. The molecule has 1 aromatic heterocycles. The Labute approximate surface area is 151 Å². The van der Waals surface area contributed by atoms with Gasteiger partial charge in [-0.05, 0) is 32.6 Å². The normalized spacial score (nSPS) is 25.2. The predicted octanol–water partition coefficient (Wildman–Crippen LogP) is 3.85. The number of hydrogen-bond donors (Lipinski definition) is 1. The third kappa shape index (κ3) is 2.99. The van der Waals surface area contributed by atoms with Crippen molar-refractivity contribution < 1.29 is 9.53 Å². The Morgan fingerprint density at radius 3 is 2.60 bits per heavy atom. The molecule has 3 atom stereocenters. The lowest BCUT2D eigenvalue weighted by molar-refractivity contribution is 0.0711. The molecule has 2 fully saturated rings. The van der Waals surface area contributed by atoms with Crippen molar-refractivity contribution in [1.82, 2.24) is 15.1 Å². The number of rotatable bonds is 3. The van der Waals surface area contributed by atoms with E-state index in [0.717, 1.165) is 42.3 Å². The van der Waals surface area contributed by atoms with Gasteiger partial charge in [0.15, 0.2) is 11.0 Å². The maximum atomic E-state index is 12.2. The number of carbonyl (C=O) groups excluding carboxylic acids is 1. The zero-order valence-corrected chi connectivity index (χ0v) is 14.9. The topological polar surface area (TPSA) is 67.3 Å². The number of anilines is 1. The smallest absolute Gasteiger partial charge is 0.410 e. The number of ether oxygens (including phenoxy) is 1. The second-order valence-corrected chi connectivity index (χ2v) is 7.05. The van der Waals surface area contributed by atoms with Crippen LogP contribution in [0.2, 0.25) is 5.15 Å². The van der Waals surface area contributed by atoms with Gasteiger partial charge in [0.25, 0.3) is 0 Å². The Morgan fingerprint density at radius 1 is 1.24 bits per heavy atom. The quantitative estimate of drug-likeness (QED) is 0.900. The number of carbonyl (C=O) groups is 1. The van der Waals surface area contributed by atoms with Crippen molar-refractivity contribution in [1.29, 1.82) is 0 Å². The molecular weight excluding hydrogens is 340 g/mol. The maximum absolute atomic E-state index is 12.2. The van der Waals surface area contributed by atoms with Crippen molar-refractivity contribution in [2.75, 3.05) is 11.9 Å². The van der Waals surface area contributed by atoms with E-state index in [-0.39, 0.29) is 24.2 Å². The van der Waals surface area contributed by atoms with Crippen molar-refractivity contribution in [2.24, 2.45) is 0 Å². The molecule has 4 rings (SSSR count). The summed E-state index contributed by atoms with van der Waals surface area (Å²) in [5.74, 6) is 0.758. The molecule has 132 valence electrons. The molecule has 3 heterocycles. The summed E-state index contributed by atoms with van der Waals surface area (Å²) in [6.45, 7) is 2.27. The lowest BCUT2D eigenvalue weighted by Gasteiger charge is -2.38. The summed E-state index contributed by atoms with van der Waals surface area (Å²) in [5, 5.41) is 14.1. The van der Waals surface area contributed by atoms with Crippen molar-refractivity contribution in [3.63, 3.8) is 0 Å². The predicted molar refractivity (Wildman–Crippen MR) is 96.9 cm³/mol. The molecule has 1 aromatic carbocycles. The van der Waals surface area contributed by atoms with E-state index >= 15 is 0 Å². The van der Waals surface area contributed by atoms with E-state index in [1.54, 1.807) is 0 Å². The van der Waals surface area contributed by atoms with Crippen LogP contribution in [0.1, 0.15) is 32.6 Å². The Balaban J connectivity index is 1.53. The first kappa shape index (κ1) is 16.4. The van der Waals surface area contributed by atoms with Gasteiger partial charge >= 0.3 is 6.09 Å². The van der Waals surface area contributed by atoms with Crippen LogP contribution in [0.3, 0.4) is 0 Å². The first-order valence-electron chi connectivity index (χ1n) is 8.80. The SMILES string of the molecule is CCOC(=O)N1[C@@H]2CC[C@H]1C[C@@H](Nc1nnc(Cl)c3ccccc13)C2. The van der Waals surface area contributed by atoms with E-state index in [1.807, 2.05) is 36.1 Å². The van der Waals surface area contributed by atoms with E-state index in [2.05, 4.69) is 15.5 Å². The molecule has 2 aromatic rings. The van der Waals surface area contributed by atoms with Crippen LogP contribution in [0.5, 0.6) is 0 Å². The fraction of sp³-hybridized carbons (Fsp3) is 0.500. The van der Waals surface area contributed by atoms with Crippen LogP contribution in [-0.4, -0.2) is 45.9 Å². The van der Waals surface area contributed by atoms with Crippen LogP contribution in [0.4, 0.5) is 10.6 Å². The number of fused-ring (bicyclic) bond motifs is 3. The minimum Gasteiger partial charge on any atom is -0.450 e. The number of halogens is 1. The number of nitrogens with one attached hydrogen (secondary N) is 1. The number of aromatic nitrogens is 2. The van der Waals surface area contributed by atoms with Gasteiger partial charge in [-0.1, -0.05) is 35.9 Å². The first-order valence-corrected chi connectivity index (χ1v) is 9.17. The second-order valence-electron chi connectivity index (χ2n) is 6.69. The Morgan fingerprint density at radius 2 is 1.92 bits per heavy atom. The lowest BCUT2D eigenvalue weighted by atomic mass is 9.97. The zero-order chi connectivity index (χ0) is 17.4. The van der Waals surface area contributed by atoms with Gasteiger partial charge in [-0.25, -0.2) is 4.79 Å². The molecule has 25 heavy (non-hydrogen) atoms. The van der Waals surface area contributed by atoms with Gasteiger partial charge in [0.05, 0.1) is 6.61 Å². The number of piperidine rings is 1. The van der Waals surface area contributed by atoms with E-state index < -0.39 is 0 Å². The molecule has 2 aliphatic rings. The molecule has 7 heteroatoms. The summed E-state index contributed by atoms with van der Waals surface area (Å²) in [4.78, 5) is 14.1. The van der Waals surface area contributed by atoms with Crippen LogP contribution in [0, 0.1) is 0 Å². The number of amides is 1. The van der Waals surface area contributed by atoms with Crippen molar-refractivity contribution >= 4 is 34.3 Å². The zero-order valence-electron chi connectivity index (χ0n) is 14.1. The van der Waals surface area contributed by atoms with E-state index in [0.29, 0.717) is 11.8 Å². The summed E-state index contributed by atoms with van der Waals surface area (Å²) in [6, 6.07) is 8.60. The number of benzene rings is 1. The Kier molecular flexibility index (Phi) is 4.37. The molecule has 6 nitrogen and oxygen atoms in total. The molecule has 2 saturated heterocycles. The Hall–Kier alpha value is -2.08. The molecule has 0 spiro atoms. The van der Waals surface area contributed by atoms with Crippen LogP contribution in [0.15, 0.2) is 24.3 Å². The van der Waals surface area contributed by atoms with Crippen molar-refractivity contribution in [3.05, 3.63) is 29.4 Å². The van der Waals surface area contributed by atoms with Gasteiger partial charge in [-0.3, -0.25) is 0 Å². The molecule has 2 aliphatic heterocycles. The second kappa shape index (κ2) is 6.67. The van der Waals surface area contributed by atoms with E-state index in [9.17, 15) is 4.79 Å². The van der Waals surface area contributed by atoms with Gasteiger partial charge in [-0.2, -0.15) is 0 Å². The minimum atomic E-state index is -0.176. The monoisotopic (exact) mass is 360 g/mol. The summed E-state index contributed by atoms with van der Waals surface area (Å²) in [6.07, 6.45) is 3.69. The molecular formula is C18H21ClN4O2. The first-order chi connectivity index (χ1) is 12.2. The highest BCUT2D eigenvalue weighted by molar-refractivity contribution is 6.34. The van der Waals surface area contributed by atoms with Gasteiger partial charge in [0.1, 0.15) is 0 Å². The van der Waals surface area contributed by atoms with Crippen LogP contribution < -0.4 is 5.32 Å². The van der Waals surface area contributed by atoms with Crippen LogP contribution >= 0.6 is 11.6 Å². The highest BCUT2D eigenvalue weighted by Crippen LogP contribution is 2.38. The molecule has 1 N–H and O–H groups in total. The fourth-order valence-corrected chi connectivity index (χ4v) is 4.36. The van der Waals surface area contributed by atoms with Gasteiger partial charge in [-0.15, -0.1) is 10.2 Å². The van der Waals surface area contributed by atoms with Gasteiger partial charge < -0.3 is 15.0 Å². The average Bonchev–Trinajstić information content (AvgIpc) is 2.89. The highest BCUT2D eigenvalue weighted by atomic mass is 35.5. The van der Waals surface area contributed by atoms with E-state index in [1.165, 1.54) is 0 Å². The van der Waals surface area contributed by atoms with Crippen molar-refractivity contribution in [3.8, 4) is 0 Å².